The van der Waals surface area contributed by atoms with Crippen LogP contribution in [0.4, 0.5) is 5.69 Å². The third kappa shape index (κ3) is 3.09. The van der Waals surface area contributed by atoms with Crippen molar-refractivity contribution in [3.63, 3.8) is 0 Å². The predicted octanol–water partition coefficient (Wildman–Crippen LogP) is 5.82. The molecule has 0 bridgehead atoms. The Hall–Kier alpha value is -3.57. The first-order chi connectivity index (χ1) is 15.4. The van der Waals surface area contributed by atoms with E-state index in [9.17, 15) is 9.59 Å². The van der Waals surface area contributed by atoms with Crippen LogP contribution in [0, 0.1) is 13.8 Å². The fourth-order valence-electron chi connectivity index (χ4n) is 4.22. The van der Waals surface area contributed by atoms with Gasteiger partial charge in [-0.2, -0.15) is 0 Å². The first-order valence-corrected chi connectivity index (χ1v) is 10.6. The molecule has 0 saturated heterocycles. The second kappa shape index (κ2) is 7.53. The molecule has 0 radical (unpaired) electrons. The summed E-state index contributed by atoms with van der Waals surface area (Å²) >= 11 is 6.10. The van der Waals surface area contributed by atoms with Gasteiger partial charge in [-0.05, 0) is 66.9 Å². The van der Waals surface area contributed by atoms with E-state index < -0.39 is 6.04 Å². The Morgan fingerprint density at radius 2 is 1.69 bits per heavy atom. The van der Waals surface area contributed by atoms with Gasteiger partial charge in [-0.3, -0.25) is 14.5 Å². The SMILES string of the molecule is COc1cccc(N2C(=O)c3oc4cc(C)c(C)cc4c(=O)c3C2c2ccc(Cl)cc2)c1. The molecule has 6 heteroatoms. The van der Waals surface area contributed by atoms with E-state index >= 15 is 0 Å². The molecule has 32 heavy (non-hydrogen) atoms. The molecular weight excluding hydrogens is 426 g/mol. The molecule has 2 heterocycles. The molecule has 1 unspecified atom stereocenters. The molecule has 1 aromatic heterocycles. The number of nitrogens with zero attached hydrogens (tertiary/aromatic N) is 1. The lowest BCUT2D eigenvalue weighted by Crippen LogP contribution is -2.29. The summed E-state index contributed by atoms with van der Waals surface area (Å²) in [6.07, 6.45) is 0. The van der Waals surface area contributed by atoms with Crippen molar-refractivity contribution in [1.29, 1.82) is 0 Å². The van der Waals surface area contributed by atoms with Crippen molar-refractivity contribution >= 4 is 34.2 Å². The van der Waals surface area contributed by atoms with Gasteiger partial charge in [-0.1, -0.05) is 29.8 Å². The van der Waals surface area contributed by atoms with Crippen molar-refractivity contribution in [1.82, 2.24) is 0 Å². The number of carbonyl (C=O) groups is 1. The van der Waals surface area contributed by atoms with Crippen LogP contribution in [0.1, 0.15) is 38.9 Å². The normalized spacial score (nSPS) is 15.3. The first-order valence-electron chi connectivity index (χ1n) is 10.2. The number of fused-ring (bicyclic) bond motifs is 2. The van der Waals surface area contributed by atoms with E-state index in [-0.39, 0.29) is 17.1 Å². The Balaban J connectivity index is 1.82. The van der Waals surface area contributed by atoms with Crippen LogP contribution in [-0.2, 0) is 0 Å². The number of amides is 1. The van der Waals surface area contributed by atoms with Crippen LogP contribution in [0.5, 0.6) is 5.75 Å². The van der Waals surface area contributed by atoms with Gasteiger partial charge in [0.1, 0.15) is 11.3 Å². The van der Waals surface area contributed by atoms with E-state index in [1.54, 1.807) is 36.3 Å². The highest BCUT2D eigenvalue weighted by Gasteiger charge is 2.43. The van der Waals surface area contributed by atoms with Crippen molar-refractivity contribution in [2.75, 3.05) is 12.0 Å². The first kappa shape index (κ1) is 20.3. The average Bonchev–Trinajstić information content (AvgIpc) is 3.08. The number of halogens is 1. The van der Waals surface area contributed by atoms with Crippen molar-refractivity contribution in [2.45, 2.75) is 19.9 Å². The molecule has 1 amide bonds. The Morgan fingerprint density at radius 1 is 0.969 bits per heavy atom. The van der Waals surface area contributed by atoms with Gasteiger partial charge >= 0.3 is 0 Å². The van der Waals surface area contributed by atoms with Crippen LogP contribution in [-0.4, -0.2) is 13.0 Å². The Morgan fingerprint density at radius 3 is 2.41 bits per heavy atom. The highest BCUT2D eigenvalue weighted by molar-refractivity contribution is 6.30. The maximum absolute atomic E-state index is 13.7. The van der Waals surface area contributed by atoms with Crippen molar-refractivity contribution in [3.05, 3.63) is 104 Å². The van der Waals surface area contributed by atoms with Gasteiger partial charge in [-0.25, -0.2) is 0 Å². The minimum Gasteiger partial charge on any atom is -0.497 e. The Kier molecular flexibility index (Phi) is 4.79. The zero-order chi connectivity index (χ0) is 22.6. The molecule has 0 fully saturated rings. The summed E-state index contributed by atoms with van der Waals surface area (Å²) in [5.41, 5.74) is 3.88. The zero-order valence-electron chi connectivity index (χ0n) is 17.8. The molecule has 5 nitrogen and oxygen atoms in total. The molecule has 3 aromatic carbocycles. The van der Waals surface area contributed by atoms with Crippen molar-refractivity contribution in [3.8, 4) is 5.75 Å². The lowest BCUT2D eigenvalue weighted by Gasteiger charge is -2.25. The maximum Gasteiger partial charge on any atom is 0.295 e. The number of methoxy groups -OCH3 is 1. The second-order valence-corrected chi connectivity index (χ2v) is 8.37. The van der Waals surface area contributed by atoms with E-state index in [0.717, 1.165) is 16.7 Å². The summed E-state index contributed by atoms with van der Waals surface area (Å²) in [6.45, 7) is 3.90. The van der Waals surface area contributed by atoms with E-state index in [4.69, 9.17) is 20.8 Å². The lowest BCUT2D eigenvalue weighted by molar-refractivity contribution is 0.0971. The number of rotatable bonds is 3. The van der Waals surface area contributed by atoms with Gasteiger partial charge in [-0.15, -0.1) is 0 Å². The Bertz CT molecular complexity index is 1440. The molecular formula is C26H20ClNO4. The molecule has 0 aliphatic carbocycles. The standard InChI is InChI=1S/C26H20ClNO4/c1-14-11-20-21(12-15(14)2)32-25-22(24(20)29)23(16-7-9-17(27)10-8-16)28(26(25)30)18-5-4-6-19(13-18)31-3/h4-13,23H,1-3H3. The van der Waals surface area contributed by atoms with Crippen LogP contribution in [0.3, 0.4) is 0 Å². The summed E-state index contributed by atoms with van der Waals surface area (Å²) < 4.78 is 11.4. The van der Waals surface area contributed by atoms with Crippen LogP contribution in [0.15, 0.2) is 69.9 Å². The van der Waals surface area contributed by atoms with E-state index in [1.165, 1.54) is 0 Å². The van der Waals surface area contributed by atoms with Gasteiger partial charge in [0.05, 0.1) is 24.1 Å². The fraction of sp³-hybridized carbons (Fsp3) is 0.154. The van der Waals surface area contributed by atoms with E-state index in [1.807, 2.05) is 50.2 Å². The average molecular weight is 446 g/mol. The molecule has 160 valence electrons. The second-order valence-electron chi connectivity index (χ2n) is 7.94. The number of carbonyl (C=O) groups excluding carboxylic acids is 1. The number of hydrogen-bond donors (Lipinski definition) is 0. The van der Waals surface area contributed by atoms with Crippen molar-refractivity contribution in [2.24, 2.45) is 0 Å². The van der Waals surface area contributed by atoms with Gasteiger partial charge < -0.3 is 9.15 Å². The number of aryl methyl sites for hydroxylation is 2. The molecule has 1 aliphatic rings. The Labute approximate surface area is 189 Å². The number of hydrogen-bond acceptors (Lipinski definition) is 4. The summed E-state index contributed by atoms with van der Waals surface area (Å²) in [5.74, 6) is 0.302. The summed E-state index contributed by atoms with van der Waals surface area (Å²) in [4.78, 5) is 28.9. The summed E-state index contributed by atoms with van der Waals surface area (Å²) in [6, 6.07) is 17.3. The van der Waals surface area contributed by atoms with Gasteiger partial charge in [0.15, 0.2) is 5.43 Å². The highest BCUT2D eigenvalue weighted by Crippen LogP contribution is 2.42. The van der Waals surface area contributed by atoms with Crippen LogP contribution < -0.4 is 15.1 Å². The quantitative estimate of drug-likeness (QED) is 0.398. The van der Waals surface area contributed by atoms with E-state index in [0.29, 0.717) is 33.0 Å². The molecule has 4 aromatic rings. The lowest BCUT2D eigenvalue weighted by atomic mass is 9.97. The molecule has 1 aliphatic heterocycles. The number of anilines is 1. The number of ether oxygens (including phenoxy) is 1. The highest BCUT2D eigenvalue weighted by atomic mass is 35.5. The fourth-order valence-corrected chi connectivity index (χ4v) is 4.34. The van der Waals surface area contributed by atoms with Crippen LogP contribution in [0.25, 0.3) is 11.0 Å². The summed E-state index contributed by atoms with van der Waals surface area (Å²) in [7, 11) is 1.57. The largest absolute Gasteiger partial charge is 0.497 e. The van der Waals surface area contributed by atoms with Gasteiger partial charge in [0, 0.05) is 16.8 Å². The third-order valence-corrected chi connectivity index (χ3v) is 6.26. The van der Waals surface area contributed by atoms with E-state index in [2.05, 4.69) is 0 Å². The minimum atomic E-state index is -0.649. The molecule has 0 spiro atoms. The monoisotopic (exact) mass is 445 g/mol. The smallest absolute Gasteiger partial charge is 0.295 e. The van der Waals surface area contributed by atoms with Crippen LogP contribution >= 0.6 is 11.6 Å². The molecule has 1 atom stereocenters. The minimum absolute atomic E-state index is 0.0634. The molecule has 5 rings (SSSR count). The van der Waals surface area contributed by atoms with Crippen LogP contribution in [0.2, 0.25) is 5.02 Å². The van der Waals surface area contributed by atoms with Gasteiger partial charge in [0.25, 0.3) is 5.91 Å². The third-order valence-electron chi connectivity index (χ3n) is 6.00. The predicted molar refractivity (Wildman–Crippen MR) is 125 cm³/mol. The summed E-state index contributed by atoms with van der Waals surface area (Å²) in [5, 5.41) is 1.04. The molecule has 0 saturated carbocycles. The van der Waals surface area contributed by atoms with Gasteiger partial charge in [0.2, 0.25) is 5.76 Å². The molecule has 0 N–H and O–H groups in total. The maximum atomic E-state index is 13.7. The number of benzene rings is 3. The topological polar surface area (TPSA) is 59.8 Å². The van der Waals surface area contributed by atoms with Crippen molar-refractivity contribution < 1.29 is 13.9 Å². The zero-order valence-corrected chi connectivity index (χ0v) is 18.6.